The Balaban J connectivity index is 2.02. The van der Waals surface area contributed by atoms with Gasteiger partial charge in [0.15, 0.2) is 0 Å². The van der Waals surface area contributed by atoms with Crippen molar-refractivity contribution in [2.24, 2.45) is 0 Å². The second kappa shape index (κ2) is 7.59. The maximum Gasteiger partial charge on any atom is 0.265 e. The molecule has 2 rings (SSSR count). The fourth-order valence-corrected chi connectivity index (χ4v) is 3.10. The SMILES string of the molecule is COCCOc1cccc(NC(=O)c2cc(C)c(Br)s2)c1. The summed E-state index contributed by atoms with van der Waals surface area (Å²) >= 11 is 4.84. The number of nitrogens with one attached hydrogen (secondary N) is 1. The molecule has 0 spiro atoms. The van der Waals surface area contributed by atoms with Crippen LogP contribution in [0.5, 0.6) is 5.75 Å². The van der Waals surface area contributed by atoms with Crippen molar-refractivity contribution in [1.29, 1.82) is 0 Å². The molecule has 0 saturated carbocycles. The van der Waals surface area contributed by atoms with Gasteiger partial charge in [0, 0.05) is 18.9 Å². The number of hydrogen-bond acceptors (Lipinski definition) is 4. The minimum Gasteiger partial charge on any atom is -0.491 e. The number of carbonyl (C=O) groups excluding carboxylic acids is 1. The first-order valence-electron chi connectivity index (χ1n) is 6.39. The molecule has 1 heterocycles. The van der Waals surface area contributed by atoms with Crippen LogP contribution >= 0.6 is 27.3 Å². The number of carbonyl (C=O) groups is 1. The molecule has 1 aromatic heterocycles. The first-order chi connectivity index (χ1) is 10.1. The van der Waals surface area contributed by atoms with Crippen LogP contribution in [-0.4, -0.2) is 26.2 Å². The lowest BCUT2D eigenvalue weighted by molar-refractivity contribution is 0.103. The van der Waals surface area contributed by atoms with Gasteiger partial charge in [0.05, 0.1) is 15.3 Å². The van der Waals surface area contributed by atoms with Crippen LogP contribution in [0.25, 0.3) is 0 Å². The fourth-order valence-electron chi connectivity index (χ4n) is 1.67. The van der Waals surface area contributed by atoms with Crippen LogP contribution in [0.15, 0.2) is 34.1 Å². The summed E-state index contributed by atoms with van der Waals surface area (Å²) in [5.41, 5.74) is 1.76. The van der Waals surface area contributed by atoms with Crippen molar-refractivity contribution in [3.63, 3.8) is 0 Å². The highest BCUT2D eigenvalue weighted by atomic mass is 79.9. The molecule has 6 heteroatoms. The molecular weight excluding hydrogens is 354 g/mol. The van der Waals surface area contributed by atoms with Gasteiger partial charge in [-0.15, -0.1) is 11.3 Å². The molecule has 0 saturated heterocycles. The Morgan fingerprint density at radius 2 is 2.14 bits per heavy atom. The zero-order valence-corrected chi connectivity index (χ0v) is 14.2. The molecule has 0 aliphatic rings. The third-order valence-corrected chi connectivity index (χ3v) is 4.86. The molecular formula is C15H16BrNO3S. The third kappa shape index (κ3) is 4.56. The van der Waals surface area contributed by atoms with Gasteiger partial charge < -0.3 is 14.8 Å². The largest absolute Gasteiger partial charge is 0.491 e. The number of ether oxygens (including phenoxy) is 2. The number of aryl methyl sites for hydroxylation is 1. The van der Waals surface area contributed by atoms with Gasteiger partial charge in [-0.2, -0.15) is 0 Å². The van der Waals surface area contributed by atoms with Crippen LogP contribution in [0, 0.1) is 6.92 Å². The Bertz CT molecular complexity index is 608. The molecule has 21 heavy (non-hydrogen) atoms. The maximum absolute atomic E-state index is 12.2. The van der Waals surface area contributed by atoms with Gasteiger partial charge >= 0.3 is 0 Å². The zero-order valence-electron chi connectivity index (χ0n) is 11.8. The summed E-state index contributed by atoms with van der Waals surface area (Å²) in [5.74, 6) is 0.580. The van der Waals surface area contributed by atoms with Crippen molar-refractivity contribution in [2.45, 2.75) is 6.92 Å². The molecule has 1 aromatic carbocycles. The molecule has 0 radical (unpaired) electrons. The van der Waals surface area contributed by atoms with Crippen LogP contribution in [0.2, 0.25) is 0 Å². The van der Waals surface area contributed by atoms with Gasteiger partial charge in [-0.3, -0.25) is 4.79 Å². The Labute approximate surface area is 136 Å². The highest BCUT2D eigenvalue weighted by Crippen LogP contribution is 2.28. The number of methoxy groups -OCH3 is 1. The van der Waals surface area contributed by atoms with E-state index in [1.807, 2.05) is 31.2 Å². The molecule has 0 aliphatic carbocycles. The number of halogens is 1. The van der Waals surface area contributed by atoms with E-state index in [2.05, 4.69) is 21.2 Å². The average molecular weight is 370 g/mol. The van der Waals surface area contributed by atoms with Crippen LogP contribution < -0.4 is 10.1 Å². The van der Waals surface area contributed by atoms with E-state index in [1.54, 1.807) is 13.2 Å². The summed E-state index contributed by atoms with van der Waals surface area (Å²) in [4.78, 5) is 12.8. The quantitative estimate of drug-likeness (QED) is 0.779. The van der Waals surface area contributed by atoms with E-state index in [1.165, 1.54) is 11.3 Å². The number of anilines is 1. The number of rotatable bonds is 6. The number of thiophene rings is 1. The highest BCUT2D eigenvalue weighted by molar-refractivity contribution is 9.11. The van der Waals surface area contributed by atoms with Crippen LogP contribution in [0.4, 0.5) is 5.69 Å². The first kappa shape index (κ1) is 16.0. The lowest BCUT2D eigenvalue weighted by Crippen LogP contribution is -2.10. The van der Waals surface area contributed by atoms with Gasteiger partial charge in [0.2, 0.25) is 0 Å². The number of benzene rings is 1. The van der Waals surface area contributed by atoms with Gasteiger partial charge in [0.25, 0.3) is 5.91 Å². The zero-order chi connectivity index (χ0) is 15.2. The van der Waals surface area contributed by atoms with E-state index in [0.29, 0.717) is 29.5 Å². The predicted octanol–water partition coefficient (Wildman–Crippen LogP) is 4.10. The van der Waals surface area contributed by atoms with Crippen molar-refractivity contribution in [3.8, 4) is 5.75 Å². The monoisotopic (exact) mass is 369 g/mol. The van der Waals surface area contributed by atoms with Crippen molar-refractivity contribution in [2.75, 3.05) is 25.6 Å². The van der Waals surface area contributed by atoms with Crippen molar-refractivity contribution in [1.82, 2.24) is 0 Å². The first-order valence-corrected chi connectivity index (χ1v) is 8.00. The molecule has 1 amide bonds. The lowest BCUT2D eigenvalue weighted by Gasteiger charge is -2.08. The predicted molar refractivity (Wildman–Crippen MR) is 88.5 cm³/mol. The Kier molecular flexibility index (Phi) is 5.78. The summed E-state index contributed by atoms with van der Waals surface area (Å²) < 4.78 is 11.4. The molecule has 0 aliphatic heterocycles. The Morgan fingerprint density at radius 1 is 1.33 bits per heavy atom. The van der Waals surface area contributed by atoms with Crippen LogP contribution in [0.3, 0.4) is 0 Å². The van der Waals surface area contributed by atoms with E-state index >= 15 is 0 Å². The molecule has 0 unspecified atom stereocenters. The molecule has 0 atom stereocenters. The normalized spacial score (nSPS) is 10.4. The number of amides is 1. The van der Waals surface area contributed by atoms with E-state index < -0.39 is 0 Å². The molecule has 112 valence electrons. The summed E-state index contributed by atoms with van der Waals surface area (Å²) in [5, 5.41) is 2.87. The second-order valence-electron chi connectivity index (χ2n) is 4.39. The van der Waals surface area contributed by atoms with E-state index in [0.717, 1.165) is 9.35 Å². The van der Waals surface area contributed by atoms with Gasteiger partial charge in [0.1, 0.15) is 12.4 Å². The van der Waals surface area contributed by atoms with Gasteiger partial charge in [-0.25, -0.2) is 0 Å². The third-order valence-electron chi connectivity index (χ3n) is 2.73. The molecule has 2 aromatic rings. The van der Waals surface area contributed by atoms with E-state index in [4.69, 9.17) is 9.47 Å². The van der Waals surface area contributed by atoms with Gasteiger partial charge in [-0.05, 0) is 46.6 Å². The standard InChI is InChI=1S/C15H16BrNO3S/c1-10-8-13(21-14(10)16)15(18)17-11-4-3-5-12(9-11)20-7-6-19-2/h3-5,8-9H,6-7H2,1-2H3,(H,17,18). The summed E-state index contributed by atoms with van der Waals surface area (Å²) in [6.07, 6.45) is 0. The van der Waals surface area contributed by atoms with E-state index in [-0.39, 0.29) is 5.91 Å². The lowest BCUT2D eigenvalue weighted by atomic mass is 10.3. The minimum atomic E-state index is -0.122. The molecule has 0 bridgehead atoms. The molecule has 4 nitrogen and oxygen atoms in total. The Hall–Kier alpha value is -1.37. The summed E-state index contributed by atoms with van der Waals surface area (Å²) in [6, 6.07) is 9.17. The minimum absolute atomic E-state index is 0.122. The summed E-state index contributed by atoms with van der Waals surface area (Å²) in [6.45, 7) is 2.96. The summed E-state index contributed by atoms with van der Waals surface area (Å²) in [7, 11) is 1.63. The number of hydrogen-bond donors (Lipinski definition) is 1. The smallest absolute Gasteiger partial charge is 0.265 e. The van der Waals surface area contributed by atoms with Crippen molar-refractivity contribution < 1.29 is 14.3 Å². The molecule has 0 fully saturated rings. The van der Waals surface area contributed by atoms with Crippen molar-refractivity contribution >= 4 is 38.9 Å². The molecule has 1 N–H and O–H groups in total. The Morgan fingerprint density at radius 3 is 2.81 bits per heavy atom. The second-order valence-corrected chi connectivity index (χ2v) is 6.76. The van der Waals surface area contributed by atoms with E-state index in [9.17, 15) is 4.79 Å². The van der Waals surface area contributed by atoms with Crippen molar-refractivity contribution in [3.05, 3.63) is 44.6 Å². The average Bonchev–Trinajstić information content (AvgIpc) is 2.80. The van der Waals surface area contributed by atoms with Crippen LogP contribution in [0.1, 0.15) is 15.2 Å². The topological polar surface area (TPSA) is 47.6 Å². The fraction of sp³-hybridized carbons (Fsp3) is 0.267. The van der Waals surface area contributed by atoms with Crippen LogP contribution in [-0.2, 0) is 4.74 Å². The highest BCUT2D eigenvalue weighted by Gasteiger charge is 2.11. The van der Waals surface area contributed by atoms with Gasteiger partial charge in [-0.1, -0.05) is 6.07 Å². The maximum atomic E-state index is 12.2.